The molecule has 0 spiro atoms. The number of carboxylic acids is 1. The molecule has 3 aromatic rings. The number of carbonyl (C=O) groups is 2. The standard InChI is InChI=1S/C21H17N3O6/c22-19(30-20(23)17-9-4-10-28-17)13-5-3-6-14(11-13)24-21(27)15-7-1-2-8-16(15)29-12-18(25)26/h1-11,22-23H,12H2,(H,24,27)(H,25,26). The molecule has 4 N–H and O–H groups in total. The Labute approximate surface area is 170 Å². The Balaban J connectivity index is 1.71. The minimum absolute atomic E-state index is 0.136. The molecule has 2 aromatic carbocycles. The van der Waals surface area contributed by atoms with Crippen LogP contribution in [0.25, 0.3) is 0 Å². The molecule has 0 radical (unpaired) electrons. The summed E-state index contributed by atoms with van der Waals surface area (Å²) in [6, 6.07) is 15.7. The summed E-state index contributed by atoms with van der Waals surface area (Å²) in [6.07, 6.45) is 1.39. The lowest BCUT2D eigenvalue weighted by atomic mass is 10.1. The summed E-state index contributed by atoms with van der Waals surface area (Å²) < 4.78 is 15.4. The summed E-state index contributed by atoms with van der Waals surface area (Å²) in [4.78, 5) is 23.3. The summed E-state index contributed by atoms with van der Waals surface area (Å²) in [5.41, 5.74) is 0.873. The number of hydrogen-bond donors (Lipinski definition) is 4. The number of para-hydroxylation sites is 1. The Morgan fingerprint density at radius 2 is 1.80 bits per heavy atom. The second-order valence-corrected chi connectivity index (χ2v) is 5.95. The van der Waals surface area contributed by atoms with E-state index in [0.717, 1.165) is 0 Å². The molecule has 152 valence electrons. The van der Waals surface area contributed by atoms with Gasteiger partial charge in [0.15, 0.2) is 12.4 Å². The number of rotatable bonds is 7. The van der Waals surface area contributed by atoms with Crippen LogP contribution in [0.2, 0.25) is 0 Å². The molecule has 0 atom stereocenters. The first-order chi connectivity index (χ1) is 14.4. The number of anilines is 1. The Hall–Kier alpha value is -4.40. The van der Waals surface area contributed by atoms with Gasteiger partial charge in [0.25, 0.3) is 11.8 Å². The Kier molecular flexibility index (Phi) is 6.23. The highest BCUT2D eigenvalue weighted by Gasteiger charge is 2.15. The van der Waals surface area contributed by atoms with Gasteiger partial charge in [0.2, 0.25) is 5.90 Å². The van der Waals surface area contributed by atoms with Gasteiger partial charge in [-0.05, 0) is 42.5 Å². The number of carboxylic acid groups (broad SMARTS) is 1. The molecule has 0 aliphatic rings. The summed E-state index contributed by atoms with van der Waals surface area (Å²) in [5.74, 6) is -1.96. The Bertz CT molecular complexity index is 1090. The predicted molar refractivity (Wildman–Crippen MR) is 107 cm³/mol. The second-order valence-electron chi connectivity index (χ2n) is 5.95. The molecular formula is C21H17N3O6. The first-order valence-corrected chi connectivity index (χ1v) is 8.68. The van der Waals surface area contributed by atoms with E-state index in [-0.39, 0.29) is 28.9 Å². The molecule has 9 nitrogen and oxygen atoms in total. The van der Waals surface area contributed by atoms with Crippen molar-refractivity contribution in [2.24, 2.45) is 0 Å². The Morgan fingerprint density at radius 1 is 1.00 bits per heavy atom. The van der Waals surface area contributed by atoms with E-state index in [4.69, 9.17) is 29.8 Å². The average molecular weight is 407 g/mol. The summed E-state index contributed by atoms with van der Waals surface area (Å²) >= 11 is 0. The van der Waals surface area contributed by atoms with Gasteiger partial charge in [-0.2, -0.15) is 0 Å². The number of carbonyl (C=O) groups excluding carboxylic acids is 1. The minimum Gasteiger partial charge on any atom is -0.481 e. The van der Waals surface area contributed by atoms with Crippen molar-refractivity contribution < 1.29 is 28.6 Å². The molecule has 0 saturated heterocycles. The van der Waals surface area contributed by atoms with Gasteiger partial charge in [0.05, 0.1) is 11.8 Å². The van der Waals surface area contributed by atoms with Crippen molar-refractivity contribution >= 4 is 29.4 Å². The van der Waals surface area contributed by atoms with Crippen molar-refractivity contribution in [3.05, 3.63) is 83.8 Å². The van der Waals surface area contributed by atoms with Crippen LogP contribution in [-0.4, -0.2) is 35.4 Å². The lowest BCUT2D eigenvalue weighted by Gasteiger charge is -2.12. The van der Waals surface area contributed by atoms with Crippen molar-refractivity contribution in [1.29, 1.82) is 10.8 Å². The van der Waals surface area contributed by atoms with Crippen LogP contribution in [0.15, 0.2) is 71.3 Å². The van der Waals surface area contributed by atoms with E-state index in [1.165, 1.54) is 30.5 Å². The van der Waals surface area contributed by atoms with Crippen LogP contribution in [0.1, 0.15) is 21.7 Å². The summed E-state index contributed by atoms with van der Waals surface area (Å²) in [5, 5.41) is 27.3. The van der Waals surface area contributed by atoms with Gasteiger partial charge in [0, 0.05) is 11.3 Å². The van der Waals surface area contributed by atoms with Crippen molar-refractivity contribution in [2.75, 3.05) is 11.9 Å². The highest BCUT2D eigenvalue weighted by molar-refractivity contribution is 6.07. The molecule has 0 aliphatic heterocycles. The van der Waals surface area contributed by atoms with Gasteiger partial charge in [-0.3, -0.25) is 15.6 Å². The van der Waals surface area contributed by atoms with Gasteiger partial charge in [-0.1, -0.05) is 18.2 Å². The number of hydrogen-bond acceptors (Lipinski definition) is 7. The maximum Gasteiger partial charge on any atom is 0.341 e. The van der Waals surface area contributed by atoms with Gasteiger partial charge in [-0.15, -0.1) is 0 Å². The number of benzene rings is 2. The third kappa shape index (κ3) is 5.10. The molecule has 0 aliphatic carbocycles. The zero-order valence-corrected chi connectivity index (χ0v) is 15.5. The SMILES string of the molecule is N=C(OC(=N)c1ccco1)c1cccc(NC(=O)c2ccccc2OCC(=O)O)c1. The zero-order valence-electron chi connectivity index (χ0n) is 15.5. The molecule has 1 heterocycles. The normalized spacial score (nSPS) is 10.1. The van der Waals surface area contributed by atoms with E-state index >= 15 is 0 Å². The number of aliphatic carboxylic acids is 1. The number of ether oxygens (including phenoxy) is 2. The van der Waals surface area contributed by atoms with Crippen molar-refractivity contribution in [2.45, 2.75) is 0 Å². The molecule has 1 aromatic heterocycles. The van der Waals surface area contributed by atoms with Crippen LogP contribution in [0.5, 0.6) is 5.75 Å². The van der Waals surface area contributed by atoms with Crippen LogP contribution in [0.3, 0.4) is 0 Å². The van der Waals surface area contributed by atoms with Gasteiger partial charge >= 0.3 is 5.97 Å². The van der Waals surface area contributed by atoms with Crippen LogP contribution < -0.4 is 10.1 Å². The number of furan rings is 1. The fraction of sp³-hybridized carbons (Fsp3) is 0.0476. The highest BCUT2D eigenvalue weighted by Crippen LogP contribution is 2.20. The lowest BCUT2D eigenvalue weighted by Crippen LogP contribution is -2.17. The maximum absolute atomic E-state index is 12.6. The predicted octanol–water partition coefficient (Wildman–Crippen LogP) is 3.36. The van der Waals surface area contributed by atoms with Crippen molar-refractivity contribution in [3.8, 4) is 5.75 Å². The van der Waals surface area contributed by atoms with Gasteiger partial charge in [0.1, 0.15) is 5.75 Å². The second kappa shape index (κ2) is 9.20. The smallest absolute Gasteiger partial charge is 0.341 e. The van der Waals surface area contributed by atoms with E-state index in [1.54, 1.807) is 36.4 Å². The monoisotopic (exact) mass is 407 g/mol. The van der Waals surface area contributed by atoms with Gasteiger partial charge in [-0.25, -0.2) is 4.79 Å². The first-order valence-electron chi connectivity index (χ1n) is 8.68. The van der Waals surface area contributed by atoms with E-state index in [1.807, 2.05) is 0 Å². The Morgan fingerprint density at radius 3 is 2.53 bits per heavy atom. The average Bonchev–Trinajstić information content (AvgIpc) is 3.27. The van der Waals surface area contributed by atoms with Crippen LogP contribution in [-0.2, 0) is 9.53 Å². The van der Waals surface area contributed by atoms with E-state index < -0.39 is 18.5 Å². The molecule has 0 saturated carbocycles. The molecule has 1 amide bonds. The summed E-state index contributed by atoms with van der Waals surface area (Å²) in [6.45, 7) is -0.574. The molecule has 9 heteroatoms. The molecule has 0 unspecified atom stereocenters. The van der Waals surface area contributed by atoms with Crippen molar-refractivity contribution in [1.82, 2.24) is 0 Å². The third-order valence-electron chi connectivity index (χ3n) is 3.81. The first kappa shape index (κ1) is 20.3. The lowest BCUT2D eigenvalue weighted by molar-refractivity contribution is -0.139. The van der Waals surface area contributed by atoms with Gasteiger partial charge < -0.3 is 24.3 Å². The topological polar surface area (TPSA) is 146 Å². The third-order valence-corrected chi connectivity index (χ3v) is 3.81. The van der Waals surface area contributed by atoms with Crippen LogP contribution >= 0.6 is 0 Å². The molecule has 0 fully saturated rings. The largest absolute Gasteiger partial charge is 0.481 e. The van der Waals surface area contributed by atoms with E-state index in [0.29, 0.717) is 11.3 Å². The quantitative estimate of drug-likeness (QED) is 0.349. The zero-order chi connectivity index (χ0) is 21.5. The molecule has 30 heavy (non-hydrogen) atoms. The molecule has 0 bridgehead atoms. The molecular weight excluding hydrogens is 390 g/mol. The fourth-order valence-corrected chi connectivity index (χ4v) is 2.48. The molecule has 3 rings (SSSR count). The highest BCUT2D eigenvalue weighted by atomic mass is 16.5. The minimum atomic E-state index is -1.16. The number of nitrogens with one attached hydrogen (secondary N) is 3. The number of amides is 1. The summed E-state index contributed by atoms with van der Waals surface area (Å²) in [7, 11) is 0. The van der Waals surface area contributed by atoms with E-state index in [2.05, 4.69) is 5.32 Å². The van der Waals surface area contributed by atoms with Crippen LogP contribution in [0, 0.1) is 10.8 Å². The van der Waals surface area contributed by atoms with Crippen LogP contribution in [0.4, 0.5) is 5.69 Å². The van der Waals surface area contributed by atoms with Crippen molar-refractivity contribution in [3.63, 3.8) is 0 Å². The fourth-order valence-electron chi connectivity index (χ4n) is 2.48. The van der Waals surface area contributed by atoms with E-state index in [9.17, 15) is 9.59 Å². The maximum atomic E-state index is 12.6.